The quantitative estimate of drug-likeness (QED) is 0.211. The first-order chi connectivity index (χ1) is 14.3. The van der Waals surface area contributed by atoms with Gasteiger partial charge in [-0.3, -0.25) is 15.0 Å². The molecule has 0 atom stereocenters. The Morgan fingerprint density at radius 2 is 1.29 bits per heavy atom. The molecule has 0 aromatic heterocycles. The Hall–Kier alpha value is -1.39. The highest BCUT2D eigenvalue weighted by atomic mass is 16.5. The summed E-state index contributed by atoms with van der Waals surface area (Å²) in [6.07, 6.45) is 5.71. The van der Waals surface area contributed by atoms with E-state index in [0.29, 0.717) is 29.9 Å². The molecule has 0 radical (unpaired) electrons. The Bertz CT molecular complexity index is 395. The van der Waals surface area contributed by atoms with Gasteiger partial charge in [0.05, 0.1) is 7.11 Å². The number of ketones is 1. The van der Waals surface area contributed by atoms with Gasteiger partial charge in [-0.15, -0.1) is 0 Å². The second-order valence-electron chi connectivity index (χ2n) is 9.32. The molecule has 2 N–H and O–H groups in total. The summed E-state index contributed by atoms with van der Waals surface area (Å²) >= 11 is 0. The molecule has 5 nitrogen and oxygen atoms in total. The first-order valence-electron chi connectivity index (χ1n) is 12.2. The van der Waals surface area contributed by atoms with Gasteiger partial charge in [0.1, 0.15) is 5.78 Å². The number of hydrogen-bond acceptors (Lipinski definition) is 4. The van der Waals surface area contributed by atoms with Crippen LogP contribution in [-0.4, -0.2) is 31.2 Å². The van der Waals surface area contributed by atoms with Crippen LogP contribution in [0, 0.1) is 29.1 Å². The summed E-state index contributed by atoms with van der Waals surface area (Å²) in [4.78, 5) is 21.5. The summed E-state index contributed by atoms with van der Waals surface area (Å²) < 4.78 is 4.64. The molecule has 0 heterocycles. The molecule has 0 fully saturated rings. The van der Waals surface area contributed by atoms with Crippen LogP contribution in [0.1, 0.15) is 115 Å². The predicted molar refractivity (Wildman–Crippen MR) is 137 cm³/mol. The molecule has 0 aliphatic rings. The fraction of sp³-hybridized carbons (Fsp3) is 0.885. The predicted octanol–water partition coefficient (Wildman–Crippen LogP) is 7.28. The van der Waals surface area contributed by atoms with Gasteiger partial charge in [0.15, 0.2) is 5.90 Å². The Balaban J connectivity index is -0.000000161. The third-order valence-corrected chi connectivity index (χ3v) is 4.04. The third kappa shape index (κ3) is 43.4. The summed E-state index contributed by atoms with van der Waals surface area (Å²) in [7, 11) is 1.53. The van der Waals surface area contributed by atoms with E-state index >= 15 is 0 Å². The number of methoxy groups -OCH3 is 1. The molecule has 188 valence electrons. The Morgan fingerprint density at radius 1 is 0.839 bits per heavy atom. The lowest BCUT2D eigenvalue weighted by molar-refractivity contribution is -0.124. The molecule has 0 aliphatic carbocycles. The summed E-state index contributed by atoms with van der Waals surface area (Å²) in [5.74, 6) is 2.98. The topological polar surface area (TPSA) is 79.2 Å². The van der Waals surface area contributed by atoms with E-state index in [0.717, 1.165) is 38.1 Å². The molecule has 0 aliphatic heterocycles. The molecule has 0 aromatic rings. The van der Waals surface area contributed by atoms with Gasteiger partial charge in [0.2, 0.25) is 5.91 Å². The minimum absolute atomic E-state index is 0.122. The van der Waals surface area contributed by atoms with E-state index in [-0.39, 0.29) is 11.8 Å². The van der Waals surface area contributed by atoms with Crippen molar-refractivity contribution in [2.75, 3.05) is 13.7 Å². The molecule has 5 heteroatoms. The molecular weight excluding hydrogens is 388 g/mol. The van der Waals surface area contributed by atoms with Gasteiger partial charge in [0, 0.05) is 31.7 Å². The zero-order valence-electron chi connectivity index (χ0n) is 23.0. The summed E-state index contributed by atoms with van der Waals surface area (Å²) in [5.41, 5.74) is 0. The first kappa shape index (κ1) is 37.0. The normalized spacial score (nSPS) is 9.81. The second kappa shape index (κ2) is 26.6. The SMILES string of the molecule is CCC(=O)CC(C)C.CCC(C)C.CCCCNC(=O)C(C)C.COC(=N)CC(C)C. The minimum atomic E-state index is 0.122. The number of unbranched alkanes of at least 4 members (excludes halogenated alkanes) is 1. The van der Waals surface area contributed by atoms with Crippen LogP contribution in [-0.2, 0) is 14.3 Å². The van der Waals surface area contributed by atoms with Crippen molar-refractivity contribution in [3.63, 3.8) is 0 Å². The van der Waals surface area contributed by atoms with Gasteiger partial charge in [-0.05, 0) is 24.2 Å². The van der Waals surface area contributed by atoms with Crippen LogP contribution in [0.5, 0.6) is 0 Å². The number of ether oxygens (including phenoxy) is 1. The van der Waals surface area contributed by atoms with E-state index in [1.54, 1.807) is 0 Å². The minimum Gasteiger partial charge on any atom is -0.484 e. The van der Waals surface area contributed by atoms with E-state index in [2.05, 4.69) is 65.4 Å². The molecule has 1 amide bonds. The van der Waals surface area contributed by atoms with Gasteiger partial charge >= 0.3 is 0 Å². The zero-order chi connectivity index (χ0) is 25.4. The summed E-state index contributed by atoms with van der Waals surface area (Å²) in [6, 6.07) is 0. The molecule has 0 aromatic carbocycles. The standard InChI is InChI=1S/C8H17NO.C7H14O.C6H13NO.C5H12/c1-4-5-6-9-8(10)7(2)3;1-4-7(8)5-6(2)3;1-5(2)4-6(7)8-3;1-4-5(2)3/h7H,4-6H2,1-3H3,(H,9,10);6H,4-5H2,1-3H3;5,7H,4H2,1-3H3;5H,4H2,1-3H3. The van der Waals surface area contributed by atoms with Crippen LogP contribution in [0.4, 0.5) is 0 Å². The maximum Gasteiger partial charge on any atom is 0.222 e. The lowest BCUT2D eigenvalue weighted by Crippen LogP contribution is -2.28. The molecule has 0 bridgehead atoms. The number of amides is 1. The molecule has 0 saturated heterocycles. The van der Waals surface area contributed by atoms with Gasteiger partial charge in [-0.25, -0.2) is 0 Å². The Kier molecular flexibility index (Phi) is 31.8. The van der Waals surface area contributed by atoms with Crippen molar-refractivity contribution in [2.45, 2.75) is 115 Å². The van der Waals surface area contributed by atoms with Crippen molar-refractivity contribution in [3.8, 4) is 0 Å². The van der Waals surface area contributed by atoms with E-state index in [1.165, 1.54) is 13.5 Å². The summed E-state index contributed by atoms with van der Waals surface area (Å²) in [5, 5.41) is 9.89. The number of Topliss-reactive ketones (excluding diaryl/α,β-unsaturated/α-hetero) is 1. The van der Waals surface area contributed by atoms with E-state index < -0.39 is 0 Å². The van der Waals surface area contributed by atoms with Gasteiger partial charge in [-0.2, -0.15) is 0 Å². The lowest BCUT2D eigenvalue weighted by Gasteiger charge is -2.05. The highest BCUT2D eigenvalue weighted by Crippen LogP contribution is 2.01. The number of carbonyl (C=O) groups excluding carboxylic acids is 2. The van der Waals surface area contributed by atoms with Crippen molar-refractivity contribution in [1.29, 1.82) is 5.41 Å². The molecular formula is C26H56N2O3. The molecule has 0 rings (SSSR count). The molecule has 0 unspecified atom stereocenters. The monoisotopic (exact) mass is 444 g/mol. The summed E-state index contributed by atoms with van der Waals surface area (Å²) in [6.45, 7) is 23.6. The van der Waals surface area contributed by atoms with Crippen LogP contribution in [0.2, 0.25) is 0 Å². The fourth-order valence-electron chi connectivity index (χ4n) is 1.65. The Labute approximate surface area is 195 Å². The largest absolute Gasteiger partial charge is 0.484 e. The van der Waals surface area contributed by atoms with Crippen molar-refractivity contribution < 1.29 is 14.3 Å². The highest BCUT2D eigenvalue weighted by molar-refractivity contribution is 5.78. The molecule has 0 saturated carbocycles. The van der Waals surface area contributed by atoms with Crippen molar-refractivity contribution in [3.05, 3.63) is 0 Å². The number of hydrogen-bond donors (Lipinski definition) is 2. The van der Waals surface area contributed by atoms with Crippen LogP contribution >= 0.6 is 0 Å². The van der Waals surface area contributed by atoms with E-state index in [4.69, 9.17) is 5.41 Å². The lowest BCUT2D eigenvalue weighted by atomic mass is 10.1. The van der Waals surface area contributed by atoms with Crippen LogP contribution < -0.4 is 5.32 Å². The van der Waals surface area contributed by atoms with E-state index in [9.17, 15) is 9.59 Å². The van der Waals surface area contributed by atoms with Crippen molar-refractivity contribution >= 4 is 17.6 Å². The number of nitrogens with one attached hydrogen (secondary N) is 2. The zero-order valence-corrected chi connectivity index (χ0v) is 23.0. The van der Waals surface area contributed by atoms with Crippen molar-refractivity contribution in [1.82, 2.24) is 5.32 Å². The van der Waals surface area contributed by atoms with Crippen molar-refractivity contribution in [2.24, 2.45) is 23.7 Å². The molecule has 31 heavy (non-hydrogen) atoms. The number of carbonyl (C=O) groups is 2. The highest BCUT2D eigenvalue weighted by Gasteiger charge is 2.03. The second-order valence-corrected chi connectivity index (χ2v) is 9.32. The number of rotatable bonds is 10. The maximum absolute atomic E-state index is 10.9. The third-order valence-electron chi connectivity index (χ3n) is 4.04. The maximum atomic E-state index is 10.9. The fourth-order valence-corrected chi connectivity index (χ4v) is 1.65. The van der Waals surface area contributed by atoms with Crippen LogP contribution in [0.15, 0.2) is 0 Å². The van der Waals surface area contributed by atoms with Gasteiger partial charge < -0.3 is 10.1 Å². The smallest absolute Gasteiger partial charge is 0.222 e. The average Bonchev–Trinajstić information content (AvgIpc) is 2.68. The molecule has 0 spiro atoms. The van der Waals surface area contributed by atoms with Crippen LogP contribution in [0.3, 0.4) is 0 Å². The Morgan fingerprint density at radius 3 is 1.48 bits per heavy atom. The van der Waals surface area contributed by atoms with Gasteiger partial charge in [-0.1, -0.05) is 89.0 Å². The van der Waals surface area contributed by atoms with E-state index in [1.807, 2.05) is 20.8 Å². The van der Waals surface area contributed by atoms with Gasteiger partial charge in [0.25, 0.3) is 0 Å². The first-order valence-corrected chi connectivity index (χ1v) is 12.2. The van der Waals surface area contributed by atoms with Crippen LogP contribution in [0.25, 0.3) is 0 Å². The average molecular weight is 445 g/mol.